The topological polar surface area (TPSA) is 63.6 Å². The molecular formula is C6H7ClO4. The average Bonchev–Trinajstić information content (AvgIpc) is 1.98. The summed E-state index contributed by atoms with van der Waals surface area (Å²) in [6.07, 6.45) is 0.827. The SMILES string of the molecule is C=CC(CC(=O)O)C(=O)OCl. The molecule has 11 heavy (non-hydrogen) atoms. The van der Waals surface area contributed by atoms with E-state index in [0.717, 1.165) is 0 Å². The highest BCUT2D eigenvalue weighted by Crippen LogP contribution is 2.07. The fraction of sp³-hybridized carbons (Fsp3) is 0.333. The molecule has 0 aromatic heterocycles. The molecule has 1 atom stereocenters. The van der Waals surface area contributed by atoms with Gasteiger partial charge in [-0.25, -0.2) is 4.79 Å². The van der Waals surface area contributed by atoms with Crippen LogP contribution in [0.3, 0.4) is 0 Å². The fourth-order valence-corrected chi connectivity index (χ4v) is 0.623. The second-order valence-corrected chi connectivity index (χ2v) is 1.99. The number of hydrogen-bond donors (Lipinski definition) is 1. The number of carboxylic acids is 1. The number of carbonyl (C=O) groups is 2. The second-order valence-electron chi connectivity index (χ2n) is 1.84. The smallest absolute Gasteiger partial charge is 0.332 e. The second kappa shape index (κ2) is 4.73. The molecule has 0 heterocycles. The van der Waals surface area contributed by atoms with Crippen LogP contribution in [0.1, 0.15) is 6.42 Å². The van der Waals surface area contributed by atoms with Crippen molar-refractivity contribution in [2.75, 3.05) is 0 Å². The van der Waals surface area contributed by atoms with E-state index >= 15 is 0 Å². The van der Waals surface area contributed by atoms with Gasteiger partial charge in [0.25, 0.3) is 0 Å². The monoisotopic (exact) mass is 178 g/mol. The first-order valence-electron chi connectivity index (χ1n) is 2.78. The minimum atomic E-state index is -1.10. The lowest BCUT2D eigenvalue weighted by atomic mass is 10.1. The molecule has 1 N–H and O–H groups in total. The molecule has 0 spiro atoms. The van der Waals surface area contributed by atoms with Crippen molar-refractivity contribution in [3.8, 4) is 0 Å². The van der Waals surface area contributed by atoms with E-state index in [0.29, 0.717) is 0 Å². The summed E-state index contributed by atoms with van der Waals surface area (Å²) < 4.78 is 3.80. The fourth-order valence-electron chi connectivity index (χ4n) is 0.508. The molecule has 0 bridgehead atoms. The summed E-state index contributed by atoms with van der Waals surface area (Å²) in [6, 6.07) is 0. The Morgan fingerprint density at radius 2 is 2.27 bits per heavy atom. The van der Waals surface area contributed by atoms with Crippen LogP contribution in [0.2, 0.25) is 0 Å². The third-order valence-corrected chi connectivity index (χ3v) is 1.21. The van der Waals surface area contributed by atoms with Crippen molar-refractivity contribution >= 4 is 23.8 Å². The average molecular weight is 179 g/mol. The molecule has 0 saturated heterocycles. The van der Waals surface area contributed by atoms with Crippen LogP contribution in [0.15, 0.2) is 12.7 Å². The first kappa shape index (κ1) is 9.97. The summed E-state index contributed by atoms with van der Waals surface area (Å²) >= 11 is 4.72. The molecule has 0 aromatic rings. The Morgan fingerprint density at radius 3 is 2.55 bits per heavy atom. The predicted molar refractivity (Wildman–Crippen MR) is 37.9 cm³/mol. The lowest BCUT2D eigenvalue weighted by Gasteiger charge is -2.03. The molecule has 0 aliphatic rings. The van der Waals surface area contributed by atoms with E-state index in [4.69, 9.17) is 17.0 Å². The normalized spacial score (nSPS) is 11.7. The molecule has 1 unspecified atom stereocenters. The van der Waals surface area contributed by atoms with E-state index in [1.807, 2.05) is 0 Å². The van der Waals surface area contributed by atoms with Gasteiger partial charge in [0.05, 0.1) is 12.3 Å². The van der Waals surface area contributed by atoms with Crippen LogP contribution in [0.5, 0.6) is 0 Å². The van der Waals surface area contributed by atoms with E-state index in [2.05, 4.69) is 10.9 Å². The molecule has 0 aliphatic heterocycles. The van der Waals surface area contributed by atoms with Gasteiger partial charge in [-0.2, -0.15) is 0 Å². The minimum Gasteiger partial charge on any atom is -0.481 e. The minimum absolute atomic E-state index is 0.352. The molecule has 0 aromatic carbocycles. The van der Waals surface area contributed by atoms with Gasteiger partial charge in [0.2, 0.25) is 0 Å². The summed E-state index contributed by atoms with van der Waals surface area (Å²) in [5, 5.41) is 8.26. The van der Waals surface area contributed by atoms with Crippen LogP contribution >= 0.6 is 11.9 Å². The van der Waals surface area contributed by atoms with Gasteiger partial charge in [0, 0.05) is 0 Å². The zero-order chi connectivity index (χ0) is 8.85. The molecule has 0 saturated carbocycles. The third-order valence-electron chi connectivity index (χ3n) is 1.06. The Hall–Kier alpha value is -1.03. The van der Waals surface area contributed by atoms with Crippen LogP contribution in [0.25, 0.3) is 0 Å². The largest absolute Gasteiger partial charge is 0.481 e. The highest BCUT2D eigenvalue weighted by molar-refractivity contribution is 6.13. The zero-order valence-electron chi connectivity index (χ0n) is 5.62. The Kier molecular flexibility index (Phi) is 4.29. The maximum Gasteiger partial charge on any atom is 0.332 e. The molecular weight excluding hydrogens is 172 g/mol. The first-order chi connectivity index (χ1) is 5.11. The van der Waals surface area contributed by atoms with Crippen molar-refractivity contribution in [2.24, 2.45) is 5.92 Å². The number of carboxylic acid groups (broad SMARTS) is 1. The van der Waals surface area contributed by atoms with Crippen molar-refractivity contribution < 1.29 is 19.0 Å². The summed E-state index contributed by atoms with van der Waals surface area (Å²) in [5.74, 6) is -2.77. The molecule has 0 radical (unpaired) electrons. The lowest BCUT2D eigenvalue weighted by molar-refractivity contribution is -0.144. The number of aliphatic carboxylic acids is 1. The molecule has 5 heteroatoms. The van der Waals surface area contributed by atoms with Gasteiger partial charge in [0.15, 0.2) is 0 Å². The van der Waals surface area contributed by atoms with E-state index < -0.39 is 17.9 Å². The Bertz CT molecular complexity index is 177. The van der Waals surface area contributed by atoms with Crippen LogP contribution in [0, 0.1) is 5.92 Å². The third kappa shape index (κ3) is 3.62. The molecule has 62 valence electrons. The Balaban J connectivity index is 4.05. The number of hydrogen-bond acceptors (Lipinski definition) is 3. The Labute approximate surface area is 68.6 Å². The van der Waals surface area contributed by atoms with Crippen molar-refractivity contribution in [3.05, 3.63) is 12.7 Å². The number of rotatable bonds is 4. The van der Waals surface area contributed by atoms with Crippen molar-refractivity contribution in [3.63, 3.8) is 0 Å². The summed E-state index contributed by atoms with van der Waals surface area (Å²) in [4.78, 5) is 20.7. The quantitative estimate of drug-likeness (QED) is 0.652. The van der Waals surface area contributed by atoms with Crippen LogP contribution in [-0.4, -0.2) is 17.0 Å². The first-order valence-corrected chi connectivity index (χ1v) is 3.09. The van der Waals surface area contributed by atoms with E-state index in [-0.39, 0.29) is 6.42 Å². The maximum atomic E-state index is 10.6. The predicted octanol–water partition coefficient (Wildman–Crippen LogP) is 0.960. The van der Waals surface area contributed by atoms with E-state index in [1.165, 1.54) is 6.08 Å². The van der Waals surface area contributed by atoms with Gasteiger partial charge in [-0.1, -0.05) is 6.08 Å². The maximum absolute atomic E-state index is 10.6. The number of carbonyl (C=O) groups excluding carboxylic acids is 1. The van der Waals surface area contributed by atoms with Gasteiger partial charge in [0.1, 0.15) is 11.9 Å². The summed E-state index contributed by atoms with van der Waals surface area (Å²) in [6.45, 7) is 3.26. The van der Waals surface area contributed by atoms with Crippen LogP contribution in [0.4, 0.5) is 0 Å². The van der Waals surface area contributed by atoms with E-state index in [9.17, 15) is 9.59 Å². The molecule has 4 nitrogen and oxygen atoms in total. The highest BCUT2D eigenvalue weighted by Gasteiger charge is 2.19. The van der Waals surface area contributed by atoms with Gasteiger partial charge in [-0.05, 0) is 0 Å². The van der Waals surface area contributed by atoms with Crippen molar-refractivity contribution in [2.45, 2.75) is 6.42 Å². The molecule has 0 aliphatic carbocycles. The van der Waals surface area contributed by atoms with Crippen molar-refractivity contribution in [1.82, 2.24) is 0 Å². The number of halogens is 1. The van der Waals surface area contributed by atoms with Gasteiger partial charge in [-0.3, -0.25) is 4.79 Å². The Morgan fingerprint density at radius 1 is 1.73 bits per heavy atom. The van der Waals surface area contributed by atoms with Crippen LogP contribution < -0.4 is 0 Å². The van der Waals surface area contributed by atoms with E-state index in [1.54, 1.807) is 0 Å². The van der Waals surface area contributed by atoms with Crippen LogP contribution in [-0.2, 0) is 13.9 Å². The molecule has 0 rings (SSSR count). The van der Waals surface area contributed by atoms with Gasteiger partial charge in [-0.15, -0.1) is 6.58 Å². The van der Waals surface area contributed by atoms with Crippen molar-refractivity contribution in [1.29, 1.82) is 0 Å². The summed E-state index contributed by atoms with van der Waals surface area (Å²) in [5.41, 5.74) is 0. The zero-order valence-corrected chi connectivity index (χ0v) is 6.37. The molecule has 0 amide bonds. The lowest BCUT2D eigenvalue weighted by Crippen LogP contribution is -2.15. The standard InChI is InChI=1S/C6H7ClO4/c1-2-4(3-5(8)9)6(10)11-7/h2,4H,1,3H2,(H,8,9). The molecule has 0 fully saturated rings. The highest BCUT2D eigenvalue weighted by atomic mass is 35.5. The summed E-state index contributed by atoms with van der Waals surface area (Å²) in [7, 11) is 0. The van der Waals surface area contributed by atoms with Gasteiger partial charge >= 0.3 is 11.9 Å². The van der Waals surface area contributed by atoms with Gasteiger partial charge < -0.3 is 9.40 Å².